The molecule has 0 saturated heterocycles. The van der Waals surface area contributed by atoms with Crippen molar-refractivity contribution < 1.29 is 0 Å². The first-order valence-corrected chi connectivity index (χ1v) is 4.32. The van der Waals surface area contributed by atoms with E-state index in [4.69, 9.17) is 5.26 Å². The second kappa shape index (κ2) is 3.30. The number of nitriles is 1. The van der Waals surface area contributed by atoms with Gasteiger partial charge < -0.3 is 0 Å². The average molecular weight is 309 g/mol. The minimum atomic E-state index is 0.624. The van der Waals surface area contributed by atoms with Gasteiger partial charge in [0, 0.05) is 6.20 Å². The quantitative estimate of drug-likeness (QED) is 0.545. The molecule has 0 aliphatic heterocycles. The van der Waals surface area contributed by atoms with E-state index in [0.717, 1.165) is 8.17 Å². The fourth-order valence-electron chi connectivity index (χ4n) is 0.499. The zero-order valence-electron chi connectivity index (χ0n) is 4.81. The Morgan fingerprint density at radius 1 is 1.70 bits per heavy atom. The molecule has 1 heterocycles. The molecule has 0 N–H and O–H groups in total. The Bertz CT molecular complexity index is 292. The number of hydrogen-bond donors (Lipinski definition) is 0. The fraction of sp³-hybridized carbons (Fsp3) is 0. The highest BCUT2D eigenvalue weighted by molar-refractivity contribution is 14.1. The van der Waals surface area contributed by atoms with Gasteiger partial charge in [0.15, 0.2) is 0 Å². The van der Waals surface area contributed by atoms with Crippen LogP contribution in [-0.4, -0.2) is 4.98 Å². The van der Waals surface area contributed by atoms with Crippen LogP contribution in [0.2, 0.25) is 0 Å². The molecule has 10 heavy (non-hydrogen) atoms. The first-order chi connectivity index (χ1) is 4.74. The highest BCUT2D eigenvalue weighted by Gasteiger charge is 1.98. The van der Waals surface area contributed by atoms with Gasteiger partial charge in [-0.15, -0.1) is 0 Å². The van der Waals surface area contributed by atoms with Crippen molar-refractivity contribution in [3.05, 3.63) is 26.0 Å². The van der Waals surface area contributed by atoms with Gasteiger partial charge in [0.25, 0.3) is 0 Å². The Balaban J connectivity index is 3.25. The van der Waals surface area contributed by atoms with Crippen LogP contribution in [0.3, 0.4) is 0 Å². The molecule has 4 heteroatoms. The van der Waals surface area contributed by atoms with E-state index in [1.54, 1.807) is 12.3 Å². The van der Waals surface area contributed by atoms with Crippen molar-refractivity contribution in [3.63, 3.8) is 0 Å². The van der Waals surface area contributed by atoms with E-state index in [9.17, 15) is 0 Å². The third-order valence-corrected chi connectivity index (χ3v) is 2.16. The van der Waals surface area contributed by atoms with Crippen molar-refractivity contribution in [2.24, 2.45) is 0 Å². The van der Waals surface area contributed by atoms with E-state index in [2.05, 4.69) is 43.5 Å². The molecule has 0 saturated carbocycles. The van der Waals surface area contributed by atoms with Gasteiger partial charge in [-0.25, -0.2) is 4.98 Å². The van der Waals surface area contributed by atoms with E-state index in [1.165, 1.54) is 0 Å². The van der Waals surface area contributed by atoms with Crippen LogP contribution in [0.25, 0.3) is 0 Å². The van der Waals surface area contributed by atoms with E-state index in [-0.39, 0.29) is 0 Å². The fourth-order valence-corrected chi connectivity index (χ4v) is 1.26. The number of aromatic nitrogens is 1. The van der Waals surface area contributed by atoms with Gasteiger partial charge in [0.2, 0.25) is 0 Å². The van der Waals surface area contributed by atoms with Crippen LogP contribution in [0, 0.1) is 15.0 Å². The molecule has 0 aliphatic carbocycles. The standard InChI is InChI=1S/C6H2BrIN2/c7-5-3-10-6(8)1-4(5)2-9/h1,3H. The highest BCUT2D eigenvalue weighted by Crippen LogP contribution is 2.15. The summed E-state index contributed by atoms with van der Waals surface area (Å²) in [7, 11) is 0. The predicted molar refractivity (Wildman–Crippen MR) is 49.4 cm³/mol. The lowest BCUT2D eigenvalue weighted by molar-refractivity contribution is 1.24. The van der Waals surface area contributed by atoms with Crippen LogP contribution in [0.1, 0.15) is 5.56 Å². The number of pyridine rings is 1. The number of nitrogens with zero attached hydrogens (tertiary/aromatic N) is 2. The maximum absolute atomic E-state index is 8.53. The lowest BCUT2D eigenvalue weighted by Gasteiger charge is -1.92. The number of rotatable bonds is 0. The van der Waals surface area contributed by atoms with E-state index in [1.807, 2.05) is 6.07 Å². The van der Waals surface area contributed by atoms with Crippen molar-refractivity contribution in [1.29, 1.82) is 5.26 Å². The highest BCUT2D eigenvalue weighted by atomic mass is 127. The molecular formula is C6H2BrIN2. The van der Waals surface area contributed by atoms with Gasteiger partial charge in [-0.2, -0.15) is 5.26 Å². The maximum Gasteiger partial charge on any atom is 0.102 e. The topological polar surface area (TPSA) is 36.7 Å². The second-order valence-corrected chi connectivity index (χ2v) is 3.56. The number of hydrogen-bond acceptors (Lipinski definition) is 2. The number of halogens is 2. The van der Waals surface area contributed by atoms with E-state index < -0.39 is 0 Å². The zero-order chi connectivity index (χ0) is 7.56. The van der Waals surface area contributed by atoms with E-state index >= 15 is 0 Å². The molecular weight excluding hydrogens is 307 g/mol. The summed E-state index contributed by atoms with van der Waals surface area (Å²) in [4.78, 5) is 3.98. The molecule has 0 atom stereocenters. The van der Waals surface area contributed by atoms with Crippen molar-refractivity contribution in [2.75, 3.05) is 0 Å². The van der Waals surface area contributed by atoms with Gasteiger partial charge in [0.1, 0.15) is 9.77 Å². The Hall–Kier alpha value is -0.150. The molecule has 0 aromatic carbocycles. The summed E-state index contributed by atoms with van der Waals surface area (Å²) in [6.45, 7) is 0. The first-order valence-electron chi connectivity index (χ1n) is 2.45. The molecule has 0 unspecified atom stereocenters. The lowest BCUT2D eigenvalue weighted by Crippen LogP contribution is -1.83. The molecule has 2 nitrogen and oxygen atoms in total. The van der Waals surface area contributed by atoms with Crippen LogP contribution < -0.4 is 0 Å². The summed E-state index contributed by atoms with van der Waals surface area (Å²) in [6.07, 6.45) is 1.63. The molecule has 0 radical (unpaired) electrons. The minimum Gasteiger partial charge on any atom is -0.249 e. The van der Waals surface area contributed by atoms with Crippen molar-refractivity contribution >= 4 is 38.5 Å². The van der Waals surface area contributed by atoms with Crippen LogP contribution in [0.4, 0.5) is 0 Å². The van der Waals surface area contributed by atoms with Crippen LogP contribution in [0.5, 0.6) is 0 Å². The summed E-state index contributed by atoms with van der Waals surface area (Å²) in [6, 6.07) is 3.77. The second-order valence-electron chi connectivity index (χ2n) is 1.60. The lowest BCUT2D eigenvalue weighted by atomic mass is 10.3. The predicted octanol–water partition coefficient (Wildman–Crippen LogP) is 2.32. The first kappa shape index (κ1) is 7.95. The summed E-state index contributed by atoms with van der Waals surface area (Å²) in [5.41, 5.74) is 0.624. The Morgan fingerprint density at radius 3 is 2.90 bits per heavy atom. The van der Waals surface area contributed by atoms with Crippen molar-refractivity contribution in [2.45, 2.75) is 0 Å². The SMILES string of the molecule is N#Cc1cc(I)ncc1Br. The molecule has 0 bridgehead atoms. The van der Waals surface area contributed by atoms with Gasteiger partial charge in [-0.05, 0) is 44.6 Å². The Morgan fingerprint density at radius 2 is 2.40 bits per heavy atom. The summed E-state index contributed by atoms with van der Waals surface area (Å²) in [5, 5.41) is 8.53. The van der Waals surface area contributed by atoms with Crippen LogP contribution >= 0.6 is 38.5 Å². The van der Waals surface area contributed by atoms with Crippen LogP contribution in [-0.2, 0) is 0 Å². The minimum absolute atomic E-state index is 0.624. The zero-order valence-corrected chi connectivity index (χ0v) is 8.55. The van der Waals surface area contributed by atoms with Gasteiger partial charge in [-0.1, -0.05) is 0 Å². The third-order valence-electron chi connectivity index (χ3n) is 0.942. The maximum atomic E-state index is 8.53. The largest absolute Gasteiger partial charge is 0.249 e. The molecule has 1 rings (SSSR count). The normalized spacial score (nSPS) is 8.90. The summed E-state index contributed by atoms with van der Waals surface area (Å²) < 4.78 is 1.58. The van der Waals surface area contributed by atoms with Crippen molar-refractivity contribution in [3.8, 4) is 6.07 Å². The summed E-state index contributed by atoms with van der Waals surface area (Å²) >= 11 is 5.26. The van der Waals surface area contributed by atoms with Crippen molar-refractivity contribution in [1.82, 2.24) is 4.98 Å². The monoisotopic (exact) mass is 308 g/mol. The van der Waals surface area contributed by atoms with E-state index in [0.29, 0.717) is 5.56 Å². The molecule has 0 fully saturated rings. The van der Waals surface area contributed by atoms with Gasteiger partial charge in [0.05, 0.1) is 10.0 Å². The molecule has 1 aromatic heterocycles. The third kappa shape index (κ3) is 1.67. The smallest absolute Gasteiger partial charge is 0.102 e. The summed E-state index contributed by atoms with van der Waals surface area (Å²) in [5.74, 6) is 0. The average Bonchev–Trinajstić information content (AvgIpc) is 1.94. The molecule has 0 aliphatic rings. The Kier molecular flexibility index (Phi) is 2.63. The Labute approximate surface area is 80.5 Å². The molecule has 0 spiro atoms. The molecule has 0 amide bonds. The molecule has 1 aromatic rings. The molecule has 50 valence electrons. The van der Waals surface area contributed by atoms with Crippen LogP contribution in [0.15, 0.2) is 16.7 Å². The van der Waals surface area contributed by atoms with Gasteiger partial charge >= 0.3 is 0 Å². The van der Waals surface area contributed by atoms with Gasteiger partial charge in [-0.3, -0.25) is 0 Å².